The van der Waals surface area contributed by atoms with Gasteiger partial charge in [0.2, 0.25) is 11.8 Å². The number of hydrogen-bond donors (Lipinski definition) is 1. The lowest BCUT2D eigenvalue weighted by Crippen LogP contribution is -2.25. The van der Waals surface area contributed by atoms with E-state index < -0.39 is 0 Å². The average molecular weight is 322 g/mol. The van der Waals surface area contributed by atoms with Crippen molar-refractivity contribution in [3.63, 3.8) is 0 Å². The number of rotatable bonds is 7. The maximum absolute atomic E-state index is 11.9. The summed E-state index contributed by atoms with van der Waals surface area (Å²) in [6.07, 6.45) is 3.21. The third kappa shape index (κ3) is 4.49. The topological polar surface area (TPSA) is 80.9 Å². The monoisotopic (exact) mass is 322 g/mol. The summed E-state index contributed by atoms with van der Waals surface area (Å²) in [4.78, 5) is 16.0. The zero-order chi connectivity index (χ0) is 16.6. The van der Waals surface area contributed by atoms with Crippen LogP contribution in [0.25, 0.3) is 11.6 Å². The minimum atomic E-state index is -0.0245. The van der Waals surface area contributed by atoms with Gasteiger partial charge in [-0.05, 0) is 24.1 Å². The van der Waals surface area contributed by atoms with Gasteiger partial charge in [-0.25, -0.2) is 0 Å². The van der Waals surface area contributed by atoms with Crippen molar-refractivity contribution in [3.05, 3.63) is 66.2 Å². The van der Waals surface area contributed by atoms with Crippen LogP contribution in [0.4, 0.5) is 0 Å². The van der Waals surface area contributed by atoms with Gasteiger partial charge in [0.05, 0.1) is 0 Å². The van der Waals surface area contributed by atoms with Gasteiger partial charge in [0.25, 0.3) is 5.89 Å². The number of carbonyl (C=O) groups excluding carboxylic acids is 1. The maximum Gasteiger partial charge on any atom is 0.266 e. The van der Waals surface area contributed by atoms with Crippen molar-refractivity contribution >= 4 is 5.91 Å². The van der Waals surface area contributed by atoms with Gasteiger partial charge in [0.1, 0.15) is 5.69 Å². The SMILES string of the molecule is O=C(CCc1nnc(-c2ccccn2)o1)NCCc1ccccc1. The summed E-state index contributed by atoms with van der Waals surface area (Å²) in [6.45, 7) is 0.617. The zero-order valence-corrected chi connectivity index (χ0v) is 13.2. The number of nitrogens with one attached hydrogen (secondary N) is 1. The first-order chi connectivity index (χ1) is 11.8. The first-order valence-electron chi connectivity index (χ1n) is 7.85. The average Bonchev–Trinajstić information content (AvgIpc) is 3.11. The Morgan fingerprint density at radius 1 is 1.00 bits per heavy atom. The van der Waals surface area contributed by atoms with E-state index in [4.69, 9.17) is 4.42 Å². The number of pyridine rings is 1. The molecule has 0 saturated carbocycles. The minimum absolute atomic E-state index is 0.0245. The lowest BCUT2D eigenvalue weighted by atomic mass is 10.1. The summed E-state index contributed by atoms with van der Waals surface area (Å²) in [5.41, 5.74) is 1.83. The van der Waals surface area contributed by atoms with Crippen molar-refractivity contribution in [2.24, 2.45) is 0 Å². The number of aryl methyl sites for hydroxylation is 1. The summed E-state index contributed by atoms with van der Waals surface area (Å²) in [5, 5.41) is 10.8. The van der Waals surface area contributed by atoms with E-state index in [-0.39, 0.29) is 5.91 Å². The van der Waals surface area contributed by atoms with E-state index in [1.165, 1.54) is 5.56 Å². The first kappa shape index (κ1) is 15.9. The van der Waals surface area contributed by atoms with Gasteiger partial charge in [0.15, 0.2) is 0 Å². The Balaban J connectivity index is 1.42. The number of benzene rings is 1. The fourth-order valence-electron chi connectivity index (χ4n) is 2.25. The van der Waals surface area contributed by atoms with Crippen LogP contribution in [-0.4, -0.2) is 27.6 Å². The Labute approximate surface area is 140 Å². The molecule has 2 aromatic heterocycles. The highest BCUT2D eigenvalue weighted by Crippen LogP contribution is 2.14. The second kappa shape index (κ2) is 8.01. The maximum atomic E-state index is 11.9. The molecule has 3 rings (SSSR count). The molecule has 3 aromatic rings. The Morgan fingerprint density at radius 2 is 1.83 bits per heavy atom. The number of aromatic nitrogens is 3. The van der Waals surface area contributed by atoms with Crippen molar-refractivity contribution < 1.29 is 9.21 Å². The summed E-state index contributed by atoms with van der Waals surface area (Å²) >= 11 is 0. The predicted molar refractivity (Wildman–Crippen MR) is 89.0 cm³/mol. The smallest absolute Gasteiger partial charge is 0.266 e. The van der Waals surface area contributed by atoms with Crippen LogP contribution in [0, 0.1) is 0 Å². The first-order valence-corrected chi connectivity index (χ1v) is 7.85. The fourth-order valence-corrected chi connectivity index (χ4v) is 2.25. The van der Waals surface area contributed by atoms with Crippen LogP contribution in [0.5, 0.6) is 0 Å². The largest absolute Gasteiger partial charge is 0.419 e. The van der Waals surface area contributed by atoms with Crippen LogP contribution in [0.2, 0.25) is 0 Å². The molecule has 0 aliphatic rings. The van der Waals surface area contributed by atoms with Crippen LogP contribution in [0.15, 0.2) is 59.1 Å². The molecule has 0 fully saturated rings. The summed E-state index contributed by atoms with van der Waals surface area (Å²) < 4.78 is 5.53. The van der Waals surface area contributed by atoms with E-state index in [9.17, 15) is 4.79 Å². The molecule has 0 bridgehead atoms. The van der Waals surface area contributed by atoms with E-state index in [2.05, 4.69) is 20.5 Å². The highest BCUT2D eigenvalue weighted by atomic mass is 16.4. The standard InChI is InChI=1S/C18H18N4O2/c23-16(20-13-11-14-6-2-1-3-7-14)9-10-17-21-22-18(24-17)15-8-4-5-12-19-15/h1-8,12H,9-11,13H2,(H,20,23). The van der Waals surface area contributed by atoms with Crippen LogP contribution in [0.1, 0.15) is 17.9 Å². The summed E-state index contributed by atoms with van der Waals surface area (Å²) in [7, 11) is 0. The number of hydrogen-bond acceptors (Lipinski definition) is 5. The number of nitrogens with zero attached hydrogens (tertiary/aromatic N) is 3. The highest BCUT2D eigenvalue weighted by Gasteiger charge is 2.10. The quantitative estimate of drug-likeness (QED) is 0.722. The number of amides is 1. The number of carbonyl (C=O) groups is 1. The zero-order valence-electron chi connectivity index (χ0n) is 13.2. The third-order valence-corrected chi connectivity index (χ3v) is 3.50. The van der Waals surface area contributed by atoms with Gasteiger partial charge < -0.3 is 9.73 Å². The van der Waals surface area contributed by atoms with Gasteiger partial charge in [-0.3, -0.25) is 9.78 Å². The second-order valence-electron chi connectivity index (χ2n) is 5.30. The summed E-state index contributed by atoms with van der Waals surface area (Å²) in [6, 6.07) is 15.5. The Kier molecular flexibility index (Phi) is 5.29. The van der Waals surface area contributed by atoms with E-state index in [0.29, 0.717) is 36.9 Å². The molecule has 0 spiro atoms. The van der Waals surface area contributed by atoms with Gasteiger partial charge in [-0.15, -0.1) is 10.2 Å². The molecule has 1 amide bonds. The molecule has 24 heavy (non-hydrogen) atoms. The lowest BCUT2D eigenvalue weighted by molar-refractivity contribution is -0.121. The molecule has 6 heteroatoms. The van der Waals surface area contributed by atoms with Gasteiger partial charge in [0, 0.05) is 25.6 Å². The van der Waals surface area contributed by atoms with Gasteiger partial charge >= 0.3 is 0 Å². The van der Waals surface area contributed by atoms with Crippen LogP contribution in [-0.2, 0) is 17.6 Å². The second-order valence-corrected chi connectivity index (χ2v) is 5.30. The molecule has 1 N–H and O–H groups in total. The molecule has 6 nitrogen and oxygen atoms in total. The van der Waals surface area contributed by atoms with Crippen molar-refractivity contribution in [2.45, 2.75) is 19.3 Å². The minimum Gasteiger partial charge on any atom is -0.419 e. The van der Waals surface area contributed by atoms with Gasteiger partial charge in [-0.2, -0.15) is 0 Å². The van der Waals surface area contributed by atoms with Crippen molar-refractivity contribution in [2.75, 3.05) is 6.54 Å². The van der Waals surface area contributed by atoms with E-state index in [1.54, 1.807) is 12.3 Å². The summed E-state index contributed by atoms with van der Waals surface area (Å²) in [5.74, 6) is 0.785. The molecular weight excluding hydrogens is 304 g/mol. The van der Waals surface area contributed by atoms with E-state index in [0.717, 1.165) is 6.42 Å². The van der Waals surface area contributed by atoms with Crippen LogP contribution < -0.4 is 5.32 Å². The molecule has 0 radical (unpaired) electrons. The van der Waals surface area contributed by atoms with Crippen LogP contribution in [0.3, 0.4) is 0 Å². The molecule has 2 heterocycles. The van der Waals surface area contributed by atoms with Gasteiger partial charge in [-0.1, -0.05) is 36.4 Å². The Morgan fingerprint density at radius 3 is 2.62 bits per heavy atom. The molecule has 0 atom stereocenters. The lowest BCUT2D eigenvalue weighted by Gasteiger charge is -2.04. The molecular formula is C18H18N4O2. The third-order valence-electron chi connectivity index (χ3n) is 3.50. The van der Waals surface area contributed by atoms with Crippen LogP contribution >= 0.6 is 0 Å². The predicted octanol–water partition coefficient (Wildman–Crippen LogP) is 2.42. The Bertz CT molecular complexity index is 772. The molecule has 0 saturated heterocycles. The molecule has 0 unspecified atom stereocenters. The van der Waals surface area contributed by atoms with Crippen molar-refractivity contribution in [1.82, 2.24) is 20.5 Å². The normalized spacial score (nSPS) is 10.5. The van der Waals surface area contributed by atoms with E-state index >= 15 is 0 Å². The van der Waals surface area contributed by atoms with Crippen molar-refractivity contribution in [1.29, 1.82) is 0 Å². The van der Waals surface area contributed by atoms with E-state index in [1.807, 2.05) is 42.5 Å². The fraction of sp³-hybridized carbons (Fsp3) is 0.222. The molecule has 0 aliphatic heterocycles. The molecule has 122 valence electrons. The Hall–Kier alpha value is -3.02. The molecule has 0 aliphatic carbocycles. The highest BCUT2D eigenvalue weighted by molar-refractivity contribution is 5.76. The molecule has 1 aromatic carbocycles. The van der Waals surface area contributed by atoms with Crippen molar-refractivity contribution in [3.8, 4) is 11.6 Å².